The highest BCUT2D eigenvalue weighted by Crippen LogP contribution is 2.12. The SMILES string of the molecule is Cc1cnn(CCN2CCCN(C(=O)OC(C)(C)C)CC2)c1. The summed E-state index contributed by atoms with van der Waals surface area (Å²) in [5, 5.41) is 4.31. The Labute approximate surface area is 133 Å². The molecule has 22 heavy (non-hydrogen) atoms. The molecule has 0 N–H and O–H groups in total. The summed E-state index contributed by atoms with van der Waals surface area (Å²) in [5.74, 6) is 0. The van der Waals surface area contributed by atoms with Gasteiger partial charge >= 0.3 is 6.09 Å². The van der Waals surface area contributed by atoms with Gasteiger partial charge in [-0.3, -0.25) is 9.58 Å². The Morgan fingerprint density at radius 3 is 2.64 bits per heavy atom. The molecular formula is C16H28N4O2. The van der Waals surface area contributed by atoms with Gasteiger partial charge in [-0.15, -0.1) is 0 Å². The van der Waals surface area contributed by atoms with Gasteiger partial charge in [0.15, 0.2) is 0 Å². The van der Waals surface area contributed by atoms with E-state index in [9.17, 15) is 4.79 Å². The number of hydrogen-bond acceptors (Lipinski definition) is 4. The van der Waals surface area contributed by atoms with Crippen LogP contribution in [0.1, 0.15) is 32.8 Å². The number of carbonyl (C=O) groups excluding carboxylic acids is 1. The van der Waals surface area contributed by atoms with Crippen LogP contribution >= 0.6 is 0 Å². The molecule has 2 heterocycles. The molecular weight excluding hydrogens is 280 g/mol. The van der Waals surface area contributed by atoms with Crippen LogP contribution in [0, 0.1) is 6.92 Å². The van der Waals surface area contributed by atoms with Gasteiger partial charge in [0.05, 0.1) is 12.7 Å². The Kier molecular flexibility index (Phi) is 5.45. The summed E-state index contributed by atoms with van der Waals surface area (Å²) in [6, 6.07) is 0. The number of ether oxygens (including phenoxy) is 1. The highest BCUT2D eigenvalue weighted by Gasteiger charge is 2.24. The van der Waals surface area contributed by atoms with E-state index in [1.807, 2.05) is 43.5 Å². The monoisotopic (exact) mass is 308 g/mol. The van der Waals surface area contributed by atoms with Gasteiger partial charge in [0.2, 0.25) is 0 Å². The van der Waals surface area contributed by atoms with Crippen molar-refractivity contribution in [2.24, 2.45) is 0 Å². The quantitative estimate of drug-likeness (QED) is 0.858. The summed E-state index contributed by atoms with van der Waals surface area (Å²) in [5.41, 5.74) is 0.757. The third-order valence-corrected chi connectivity index (χ3v) is 3.65. The molecule has 0 unspecified atom stereocenters. The predicted octanol–water partition coefficient (Wildman–Crippen LogP) is 2.13. The highest BCUT2D eigenvalue weighted by atomic mass is 16.6. The number of rotatable bonds is 3. The van der Waals surface area contributed by atoms with Gasteiger partial charge in [-0.1, -0.05) is 0 Å². The molecule has 124 valence electrons. The molecule has 6 heteroatoms. The first-order valence-corrected chi connectivity index (χ1v) is 8.03. The topological polar surface area (TPSA) is 50.6 Å². The van der Waals surface area contributed by atoms with Crippen molar-refractivity contribution in [3.8, 4) is 0 Å². The van der Waals surface area contributed by atoms with Crippen LogP contribution < -0.4 is 0 Å². The van der Waals surface area contributed by atoms with Crippen LogP contribution in [-0.4, -0.2) is 64.0 Å². The molecule has 1 amide bonds. The van der Waals surface area contributed by atoms with Gasteiger partial charge in [-0.2, -0.15) is 5.10 Å². The van der Waals surface area contributed by atoms with E-state index in [2.05, 4.69) is 16.2 Å². The van der Waals surface area contributed by atoms with Crippen molar-refractivity contribution in [3.05, 3.63) is 18.0 Å². The molecule has 1 fully saturated rings. The van der Waals surface area contributed by atoms with Gasteiger partial charge < -0.3 is 9.64 Å². The molecule has 0 bridgehead atoms. The second-order valence-corrected chi connectivity index (χ2v) is 6.94. The Hall–Kier alpha value is -1.56. The van der Waals surface area contributed by atoms with Gasteiger partial charge in [0.1, 0.15) is 5.60 Å². The second-order valence-electron chi connectivity index (χ2n) is 6.94. The minimum atomic E-state index is -0.430. The third kappa shape index (κ3) is 5.33. The van der Waals surface area contributed by atoms with Crippen LogP contribution in [0.3, 0.4) is 0 Å². The van der Waals surface area contributed by atoms with E-state index < -0.39 is 5.60 Å². The van der Waals surface area contributed by atoms with Crippen LogP contribution in [0.25, 0.3) is 0 Å². The maximum absolute atomic E-state index is 12.1. The standard InChI is InChI=1S/C16H28N4O2/c1-14-12-17-20(13-14)11-9-18-6-5-7-19(10-8-18)15(21)22-16(2,3)4/h12-13H,5-11H2,1-4H3. The summed E-state index contributed by atoms with van der Waals surface area (Å²) in [4.78, 5) is 16.3. The first-order chi connectivity index (χ1) is 10.3. The molecule has 1 aromatic rings. The van der Waals surface area contributed by atoms with Crippen LogP contribution in [0.4, 0.5) is 4.79 Å². The Morgan fingerprint density at radius 1 is 1.23 bits per heavy atom. The molecule has 1 aliphatic heterocycles. The number of hydrogen-bond donors (Lipinski definition) is 0. The van der Waals surface area contributed by atoms with Crippen molar-refractivity contribution in [3.63, 3.8) is 0 Å². The fraction of sp³-hybridized carbons (Fsp3) is 0.750. The van der Waals surface area contributed by atoms with E-state index in [-0.39, 0.29) is 6.09 Å². The highest BCUT2D eigenvalue weighted by molar-refractivity contribution is 5.68. The lowest BCUT2D eigenvalue weighted by Gasteiger charge is -2.26. The lowest BCUT2D eigenvalue weighted by Crippen LogP contribution is -2.39. The number of aromatic nitrogens is 2. The zero-order valence-electron chi connectivity index (χ0n) is 14.2. The van der Waals surface area contributed by atoms with Crippen molar-refractivity contribution in [2.45, 2.75) is 46.3 Å². The first kappa shape index (κ1) is 16.8. The molecule has 0 spiro atoms. The Bertz CT molecular complexity index is 493. The predicted molar refractivity (Wildman–Crippen MR) is 85.8 cm³/mol. The lowest BCUT2D eigenvalue weighted by molar-refractivity contribution is 0.0257. The first-order valence-electron chi connectivity index (χ1n) is 8.03. The van der Waals surface area contributed by atoms with Crippen LogP contribution in [0.5, 0.6) is 0 Å². The number of aryl methyl sites for hydroxylation is 1. The number of amides is 1. The molecule has 0 atom stereocenters. The van der Waals surface area contributed by atoms with E-state index >= 15 is 0 Å². The average Bonchev–Trinajstić information content (AvgIpc) is 2.69. The van der Waals surface area contributed by atoms with Crippen LogP contribution in [0.15, 0.2) is 12.4 Å². The third-order valence-electron chi connectivity index (χ3n) is 3.65. The van der Waals surface area contributed by atoms with Crippen molar-refractivity contribution in [2.75, 3.05) is 32.7 Å². The summed E-state index contributed by atoms with van der Waals surface area (Å²) in [6.07, 6.45) is 4.73. The fourth-order valence-electron chi connectivity index (χ4n) is 2.54. The average molecular weight is 308 g/mol. The van der Waals surface area contributed by atoms with E-state index in [0.717, 1.165) is 45.7 Å². The molecule has 1 aromatic heterocycles. The van der Waals surface area contributed by atoms with Gasteiger partial charge in [0, 0.05) is 32.4 Å². The lowest BCUT2D eigenvalue weighted by atomic mass is 10.2. The summed E-state index contributed by atoms with van der Waals surface area (Å²) in [7, 11) is 0. The summed E-state index contributed by atoms with van der Waals surface area (Å²) >= 11 is 0. The normalized spacial score (nSPS) is 17.4. The van der Waals surface area contributed by atoms with Gasteiger partial charge in [-0.25, -0.2) is 4.79 Å². The van der Waals surface area contributed by atoms with E-state index in [4.69, 9.17) is 4.74 Å². The Morgan fingerprint density at radius 2 is 2.00 bits per heavy atom. The van der Waals surface area contributed by atoms with Crippen molar-refractivity contribution >= 4 is 6.09 Å². The zero-order chi connectivity index (χ0) is 16.2. The van der Waals surface area contributed by atoms with E-state index in [1.165, 1.54) is 5.56 Å². The van der Waals surface area contributed by atoms with Crippen molar-refractivity contribution in [1.29, 1.82) is 0 Å². The molecule has 0 saturated carbocycles. The second kappa shape index (κ2) is 7.13. The summed E-state index contributed by atoms with van der Waals surface area (Å²) in [6.45, 7) is 13.0. The smallest absolute Gasteiger partial charge is 0.410 e. The van der Waals surface area contributed by atoms with Gasteiger partial charge in [-0.05, 0) is 46.2 Å². The van der Waals surface area contributed by atoms with Crippen molar-refractivity contribution < 1.29 is 9.53 Å². The van der Waals surface area contributed by atoms with Crippen LogP contribution in [0.2, 0.25) is 0 Å². The maximum Gasteiger partial charge on any atom is 0.410 e. The van der Waals surface area contributed by atoms with E-state index in [1.54, 1.807) is 0 Å². The molecule has 1 saturated heterocycles. The zero-order valence-corrected chi connectivity index (χ0v) is 14.2. The minimum Gasteiger partial charge on any atom is -0.444 e. The number of nitrogens with zero attached hydrogens (tertiary/aromatic N) is 4. The van der Waals surface area contributed by atoms with E-state index in [0.29, 0.717) is 0 Å². The summed E-state index contributed by atoms with van der Waals surface area (Å²) < 4.78 is 7.43. The Balaban J connectivity index is 1.78. The molecule has 6 nitrogen and oxygen atoms in total. The molecule has 1 aliphatic rings. The molecule has 2 rings (SSSR count). The van der Waals surface area contributed by atoms with Crippen LogP contribution in [-0.2, 0) is 11.3 Å². The minimum absolute atomic E-state index is 0.197. The largest absolute Gasteiger partial charge is 0.444 e. The molecule has 0 aromatic carbocycles. The van der Waals surface area contributed by atoms with Crippen molar-refractivity contribution in [1.82, 2.24) is 19.6 Å². The fourth-order valence-corrected chi connectivity index (χ4v) is 2.54. The van der Waals surface area contributed by atoms with Gasteiger partial charge in [0.25, 0.3) is 0 Å². The number of carbonyl (C=O) groups is 1. The molecule has 0 aliphatic carbocycles. The maximum atomic E-state index is 12.1. The molecule has 0 radical (unpaired) electrons.